The molecule has 0 radical (unpaired) electrons. The first kappa shape index (κ1) is 29.1. The summed E-state index contributed by atoms with van der Waals surface area (Å²) in [6.45, 7) is 4.00. The van der Waals surface area contributed by atoms with Crippen molar-refractivity contribution in [2.75, 3.05) is 7.11 Å². The molecule has 3 nitrogen and oxygen atoms in total. The van der Waals surface area contributed by atoms with Crippen molar-refractivity contribution in [2.45, 2.75) is 49.3 Å². The van der Waals surface area contributed by atoms with Crippen LogP contribution in [-0.4, -0.2) is 19.5 Å². The molecule has 0 spiro atoms. The summed E-state index contributed by atoms with van der Waals surface area (Å²) in [6, 6.07) is 12.9. The van der Waals surface area contributed by atoms with Gasteiger partial charge in [0.2, 0.25) is 0 Å². The van der Waals surface area contributed by atoms with Gasteiger partial charge in [0, 0.05) is 32.9 Å². The van der Waals surface area contributed by atoms with E-state index in [9.17, 15) is 8.78 Å². The summed E-state index contributed by atoms with van der Waals surface area (Å²) in [4.78, 5) is 1.95. The minimum absolute atomic E-state index is 0.0657. The highest BCUT2D eigenvalue weighted by Gasteiger charge is 2.24. The molecular formula is C29H29BrF2N2OS2. The van der Waals surface area contributed by atoms with E-state index in [1.54, 1.807) is 13.2 Å². The van der Waals surface area contributed by atoms with Crippen molar-refractivity contribution in [3.63, 3.8) is 0 Å². The summed E-state index contributed by atoms with van der Waals surface area (Å²) >= 11 is 6.42. The molecule has 0 aromatic heterocycles. The van der Waals surface area contributed by atoms with Gasteiger partial charge in [0.15, 0.2) is 11.6 Å². The minimum atomic E-state index is -1.00. The van der Waals surface area contributed by atoms with Gasteiger partial charge in [-0.3, -0.25) is 0 Å². The number of benzene rings is 3. The monoisotopic (exact) mass is 602 g/mol. The van der Waals surface area contributed by atoms with Crippen molar-refractivity contribution in [2.24, 2.45) is 0 Å². The summed E-state index contributed by atoms with van der Waals surface area (Å²) in [5.74, 6) is -1.20. The zero-order valence-electron chi connectivity index (χ0n) is 21.0. The molecule has 0 unspecified atom stereocenters. The minimum Gasteiger partial charge on any atom is -0.496 e. The van der Waals surface area contributed by atoms with Crippen molar-refractivity contribution in [1.29, 1.82) is 10.8 Å². The van der Waals surface area contributed by atoms with Crippen molar-refractivity contribution >= 4 is 58.0 Å². The smallest absolute Gasteiger partial charge is 0.168 e. The van der Waals surface area contributed by atoms with E-state index in [4.69, 9.17) is 15.6 Å². The van der Waals surface area contributed by atoms with E-state index in [1.807, 2.05) is 32.0 Å². The van der Waals surface area contributed by atoms with E-state index in [2.05, 4.69) is 28.1 Å². The fraction of sp³-hybridized carbons (Fsp3) is 0.241. The van der Waals surface area contributed by atoms with Crippen LogP contribution in [0.4, 0.5) is 8.78 Å². The van der Waals surface area contributed by atoms with Crippen LogP contribution in [0.25, 0.3) is 6.08 Å². The molecule has 0 fully saturated rings. The fourth-order valence-electron chi connectivity index (χ4n) is 4.03. The molecule has 2 aliphatic rings. The predicted molar refractivity (Wildman–Crippen MR) is 157 cm³/mol. The molecule has 194 valence electrons. The van der Waals surface area contributed by atoms with Gasteiger partial charge in [-0.15, -0.1) is 0 Å². The first-order valence-electron chi connectivity index (χ1n) is 12.0. The molecule has 3 aromatic rings. The molecule has 0 atom stereocenters. The second-order valence-corrected chi connectivity index (χ2v) is 11.1. The molecule has 2 N–H and O–H groups in total. The molecule has 8 heteroatoms. The Morgan fingerprint density at radius 2 is 1.49 bits per heavy atom. The second kappa shape index (κ2) is 13.9. The number of nitrogens with one attached hydrogen (secondary N) is 2. The Kier molecular flexibility index (Phi) is 11.0. The zero-order chi connectivity index (χ0) is 26.9. The van der Waals surface area contributed by atoms with Crippen LogP contribution in [-0.2, 0) is 12.8 Å². The van der Waals surface area contributed by atoms with E-state index in [0.29, 0.717) is 0 Å². The van der Waals surface area contributed by atoms with Crippen LogP contribution < -0.4 is 4.74 Å². The van der Waals surface area contributed by atoms with Gasteiger partial charge < -0.3 is 15.6 Å². The van der Waals surface area contributed by atoms with Gasteiger partial charge in [-0.2, -0.15) is 0 Å². The summed E-state index contributed by atoms with van der Waals surface area (Å²) in [5, 5.41) is 14.3. The number of fused-ring (bicyclic) bond motifs is 2. The Morgan fingerprint density at radius 3 is 2.19 bits per heavy atom. The molecule has 3 aromatic carbocycles. The lowest BCUT2D eigenvalue weighted by atomic mass is 9.89. The lowest BCUT2D eigenvalue weighted by Crippen LogP contribution is -2.05. The molecule has 1 heterocycles. The van der Waals surface area contributed by atoms with Gasteiger partial charge in [-0.1, -0.05) is 61.6 Å². The SMILES string of the molecule is CC.COc1ccc(Br)c2c1S/C(=C/c1ccc(C=N)c(F)c1F)S2.N=Cc1cccc2c1CCCC2. The van der Waals surface area contributed by atoms with Gasteiger partial charge in [0.1, 0.15) is 5.75 Å². The number of halogens is 3. The average Bonchev–Trinajstić information content (AvgIpc) is 3.37. The van der Waals surface area contributed by atoms with Crippen molar-refractivity contribution < 1.29 is 13.5 Å². The molecular weight excluding hydrogens is 574 g/mol. The predicted octanol–water partition coefficient (Wildman–Crippen LogP) is 9.52. The molecule has 0 saturated heterocycles. The first-order valence-corrected chi connectivity index (χ1v) is 14.4. The fourth-order valence-corrected chi connectivity index (χ4v) is 7.24. The maximum absolute atomic E-state index is 14.1. The highest BCUT2D eigenvalue weighted by atomic mass is 79.9. The number of rotatable bonds is 4. The summed E-state index contributed by atoms with van der Waals surface area (Å²) < 4.78 is 35.0. The van der Waals surface area contributed by atoms with Crippen LogP contribution in [0.3, 0.4) is 0 Å². The molecule has 37 heavy (non-hydrogen) atoms. The third kappa shape index (κ3) is 6.72. The van der Waals surface area contributed by atoms with E-state index >= 15 is 0 Å². The molecule has 0 amide bonds. The Balaban J connectivity index is 0.000000228. The Morgan fingerprint density at radius 1 is 0.838 bits per heavy atom. The number of ether oxygens (including phenoxy) is 1. The normalized spacial score (nSPS) is 14.4. The van der Waals surface area contributed by atoms with E-state index in [0.717, 1.165) is 36.0 Å². The van der Waals surface area contributed by atoms with Gasteiger partial charge >= 0.3 is 0 Å². The van der Waals surface area contributed by atoms with Crippen LogP contribution in [0, 0.1) is 22.5 Å². The highest BCUT2D eigenvalue weighted by Crippen LogP contribution is 2.57. The Hall–Kier alpha value is -2.42. The molecule has 5 rings (SSSR count). The average molecular weight is 604 g/mol. The number of hydrogen-bond acceptors (Lipinski definition) is 5. The number of hydrogen-bond donors (Lipinski definition) is 2. The molecule has 1 aliphatic heterocycles. The quantitative estimate of drug-likeness (QED) is 0.292. The van der Waals surface area contributed by atoms with Crippen LogP contribution in [0.15, 0.2) is 61.0 Å². The Bertz CT molecular complexity index is 1330. The topological polar surface area (TPSA) is 56.9 Å². The third-order valence-electron chi connectivity index (χ3n) is 5.81. The largest absolute Gasteiger partial charge is 0.496 e. The van der Waals surface area contributed by atoms with Gasteiger partial charge in [0.05, 0.1) is 16.2 Å². The van der Waals surface area contributed by atoms with Crippen molar-refractivity contribution in [1.82, 2.24) is 0 Å². The van der Waals surface area contributed by atoms with Crippen molar-refractivity contribution in [3.8, 4) is 5.75 Å². The van der Waals surface area contributed by atoms with Crippen molar-refractivity contribution in [3.05, 3.63) is 90.6 Å². The molecule has 1 aliphatic carbocycles. The van der Waals surface area contributed by atoms with Gasteiger partial charge in [-0.25, -0.2) is 8.78 Å². The standard InChI is InChI=1S/C16H10BrF2NOS2.C11H13N.C2H6/c1-21-11-5-4-10(17)15-16(11)23-12(22-15)6-8-2-3-9(7-20)14(19)13(8)18;12-8-10-6-3-5-9-4-1-2-7-11(9)10;1-2/h2-7,20H,1H3;3,5-6,8,12H,1-2,4,7H2;1-2H3/b12-6+,20-7?;;. The first-order chi connectivity index (χ1) is 18.0. The number of aryl methyl sites for hydroxylation is 1. The summed E-state index contributed by atoms with van der Waals surface area (Å²) in [7, 11) is 1.60. The number of methoxy groups -OCH3 is 1. The maximum Gasteiger partial charge on any atom is 0.168 e. The molecule has 0 bridgehead atoms. The highest BCUT2D eigenvalue weighted by molar-refractivity contribution is 9.10. The third-order valence-corrected chi connectivity index (χ3v) is 9.24. The van der Waals surface area contributed by atoms with Crippen LogP contribution >= 0.6 is 39.5 Å². The lowest BCUT2D eigenvalue weighted by molar-refractivity contribution is 0.402. The van der Waals surface area contributed by atoms with E-state index in [1.165, 1.54) is 78.7 Å². The number of thioether (sulfide) groups is 2. The van der Waals surface area contributed by atoms with E-state index in [-0.39, 0.29) is 11.1 Å². The zero-order valence-corrected chi connectivity index (χ0v) is 24.2. The Labute approximate surface area is 234 Å². The van der Waals surface area contributed by atoms with Gasteiger partial charge in [-0.05, 0) is 82.6 Å². The van der Waals surface area contributed by atoms with Crippen LogP contribution in [0.2, 0.25) is 0 Å². The van der Waals surface area contributed by atoms with E-state index < -0.39 is 11.6 Å². The van der Waals surface area contributed by atoms with Crippen LogP contribution in [0.1, 0.15) is 54.5 Å². The van der Waals surface area contributed by atoms with Crippen LogP contribution in [0.5, 0.6) is 5.75 Å². The lowest BCUT2D eigenvalue weighted by Gasteiger charge is -2.16. The maximum atomic E-state index is 14.1. The van der Waals surface area contributed by atoms with Gasteiger partial charge in [0.25, 0.3) is 0 Å². The molecule has 0 saturated carbocycles. The summed E-state index contributed by atoms with van der Waals surface area (Å²) in [6.07, 6.45) is 8.86. The second-order valence-electron chi connectivity index (χ2n) is 7.93. The summed E-state index contributed by atoms with van der Waals surface area (Å²) in [5.41, 5.74) is 4.09.